The molecule has 1 aliphatic carbocycles. The van der Waals surface area contributed by atoms with Gasteiger partial charge in [0, 0.05) is 6.42 Å². The summed E-state index contributed by atoms with van der Waals surface area (Å²) in [7, 11) is 4.15. The minimum atomic E-state index is -0.243. The number of ketones is 1. The first-order valence-electron chi connectivity index (χ1n) is 8.22. The minimum absolute atomic E-state index is 0.243. The minimum Gasteiger partial charge on any atom is -0.297 e. The number of carbonyl (C=O) groups excluding carboxylic acids is 1. The molecule has 0 heterocycles. The van der Waals surface area contributed by atoms with Gasteiger partial charge in [0.2, 0.25) is 0 Å². The number of hydrogen-bond donors (Lipinski definition) is 0. The van der Waals surface area contributed by atoms with Gasteiger partial charge in [0.1, 0.15) is 0 Å². The van der Waals surface area contributed by atoms with Crippen LogP contribution in [0.2, 0.25) is 0 Å². The Balaban J connectivity index is 2.24. The third-order valence-corrected chi connectivity index (χ3v) is 5.16. The number of likely N-dealkylation sites (N-methyl/N-ethyl adjacent to an activating group) is 1. The average Bonchev–Trinajstić information content (AvgIpc) is 2.69. The van der Waals surface area contributed by atoms with E-state index in [0.29, 0.717) is 12.2 Å². The standard InChI is InChI=1S/C19H29NO/c1-15-9-10-16(2)17(13-15)14-18(21)19(20(3)4)11-7-5-6-8-12-19/h9-10,13H,5-8,11-12,14H2,1-4H3. The molecule has 116 valence electrons. The number of rotatable bonds is 4. The maximum absolute atomic E-state index is 13.1. The molecule has 0 unspecified atom stereocenters. The fourth-order valence-corrected chi connectivity index (χ4v) is 3.62. The Morgan fingerprint density at radius 1 is 1.10 bits per heavy atom. The van der Waals surface area contributed by atoms with E-state index in [9.17, 15) is 4.79 Å². The summed E-state index contributed by atoms with van der Waals surface area (Å²) in [5, 5.41) is 0. The molecule has 21 heavy (non-hydrogen) atoms. The molecular weight excluding hydrogens is 258 g/mol. The summed E-state index contributed by atoms with van der Waals surface area (Å²) in [6, 6.07) is 6.43. The van der Waals surface area contributed by atoms with E-state index in [1.165, 1.54) is 42.4 Å². The lowest BCUT2D eigenvalue weighted by Gasteiger charge is -2.38. The molecule has 0 spiro atoms. The van der Waals surface area contributed by atoms with Crippen LogP contribution in [-0.4, -0.2) is 30.3 Å². The van der Waals surface area contributed by atoms with Crippen LogP contribution in [-0.2, 0) is 11.2 Å². The van der Waals surface area contributed by atoms with E-state index in [-0.39, 0.29) is 5.54 Å². The fraction of sp³-hybridized carbons (Fsp3) is 0.632. The second-order valence-corrected chi connectivity index (χ2v) is 6.87. The summed E-state index contributed by atoms with van der Waals surface area (Å²) in [6.07, 6.45) is 7.51. The lowest BCUT2D eigenvalue weighted by molar-refractivity contribution is -0.130. The van der Waals surface area contributed by atoms with Gasteiger partial charge in [-0.3, -0.25) is 9.69 Å². The van der Waals surface area contributed by atoms with Crippen molar-refractivity contribution in [3.8, 4) is 0 Å². The normalized spacial score (nSPS) is 18.5. The molecule has 2 rings (SSSR count). The predicted octanol–water partition coefficient (Wildman–Crippen LogP) is 4.07. The van der Waals surface area contributed by atoms with Crippen LogP contribution in [0.1, 0.15) is 55.2 Å². The maximum atomic E-state index is 13.1. The lowest BCUT2D eigenvalue weighted by Crippen LogP contribution is -2.51. The van der Waals surface area contributed by atoms with Crippen molar-refractivity contribution in [1.29, 1.82) is 0 Å². The van der Waals surface area contributed by atoms with Gasteiger partial charge in [0.15, 0.2) is 5.78 Å². The highest BCUT2D eigenvalue weighted by molar-refractivity contribution is 5.90. The molecule has 1 aliphatic rings. The van der Waals surface area contributed by atoms with Crippen molar-refractivity contribution in [2.75, 3.05) is 14.1 Å². The predicted molar refractivity (Wildman–Crippen MR) is 88.7 cm³/mol. The molecule has 1 saturated carbocycles. The summed E-state index contributed by atoms with van der Waals surface area (Å²) in [6.45, 7) is 4.21. The largest absolute Gasteiger partial charge is 0.297 e. The second-order valence-electron chi connectivity index (χ2n) is 6.87. The van der Waals surface area contributed by atoms with Crippen LogP contribution in [0.4, 0.5) is 0 Å². The van der Waals surface area contributed by atoms with Crippen molar-refractivity contribution < 1.29 is 4.79 Å². The Hall–Kier alpha value is -1.15. The molecule has 0 bridgehead atoms. The topological polar surface area (TPSA) is 20.3 Å². The molecule has 0 saturated heterocycles. The summed E-state index contributed by atoms with van der Waals surface area (Å²) < 4.78 is 0. The van der Waals surface area contributed by atoms with Crippen LogP contribution in [0.5, 0.6) is 0 Å². The van der Waals surface area contributed by atoms with Gasteiger partial charge >= 0.3 is 0 Å². The lowest BCUT2D eigenvalue weighted by atomic mass is 9.81. The highest BCUT2D eigenvalue weighted by Gasteiger charge is 2.39. The Labute approximate surface area is 129 Å². The van der Waals surface area contributed by atoms with Crippen LogP contribution in [0.25, 0.3) is 0 Å². The van der Waals surface area contributed by atoms with Crippen LogP contribution < -0.4 is 0 Å². The van der Waals surface area contributed by atoms with Crippen molar-refractivity contribution >= 4 is 5.78 Å². The van der Waals surface area contributed by atoms with Gasteiger partial charge in [-0.2, -0.15) is 0 Å². The molecule has 0 amide bonds. The quantitative estimate of drug-likeness (QED) is 0.778. The summed E-state index contributed by atoms with van der Waals surface area (Å²) >= 11 is 0. The molecule has 0 radical (unpaired) electrons. The summed E-state index contributed by atoms with van der Waals surface area (Å²) in [5.74, 6) is 0.406. The molecular formula is C19H29NO. The van der Waals surface area contributed by atoms with Crippen molar-refractivity contribution in [2.45, 2.75) is 64.3 Å². The zero-order valence-corrected chi connectivity index (χ0v) is 14.0. The fourth-order valence-electron chi connectivity index (χ4n) is 3.62. The number of benzene rings is 1. The van der Waals surface area contributed by atoms with Gasteiger partial charge in [-0.1, -0.05) is 49.4 Å². The first kappa shape index (κ1) is 16.2. The molecule has 1 aromatic carbocycles. The van der Waals surface area contributed by atoms with E-state index < -0.39 is 0 Å². The molecule has 0 N–H and O–H groups in total. The van der Waals surface area contributed by atoms with Crippen LogP contribution in [0.3, 0.4) is 0 Å². The second kappa shape index (κ2) is 6.74. The van der Waals surface area contributed by atoms with Crippen molar-refractivity contribution in [1.82, 2.24) is 4.90 Å². The number of nitrogens with zero attached hydrogens (tertiary/aromatic N) is 1. The van der Waals surface area contributed by atoms with Gasteiger partial charge in [-0.15, -0.1) is 0 Å². The van der Waals surface area contributed by atoms with E-state index in [4.69, 9.17) is 0 Å². The van der Waals surface area contributed by atoms with Gasteiger partial charge in [0.05, 0.1) is 5.54 Å². The Bertz CT molecular complexity index is 496. The smallest absolute Gasteiger partial charge is 0.157 e. The Morgan fingerprint density at radius 2 is 1.71 bits per heavy atom. The van der Waals surface area contributed by atoms with Crippen LogP contribution >= 0.6 is 0 Å². The zero-order valence-electron chi connectivity index (χ0n) is 14.0. The first-order valence-corrected chi connectivity index (χ1v) is 8.22. The SMILES string of the molecule is Cc1ccc(C)c(CC(=O)C2(N(C)C)CCCCCC2)c1. The van der Waals surface area contributed by atoms with E-state index in [1.807, 2.05) is 0 Å². The molecule has 0 atom stereocenters. The van der Waals surface area contributed by atoms with Crippen LogP contribution in [0, 0.1) is 13.8 Å². The van der Waals surface area contributed by atoms with E-state index in [1.54, 1.807) is 0 Å². The molecule has 1 aromatic rings. The monoisotopic (exact) mass is 287 g/mol. The van der Waals surface area contributed by atoms with Crippen molar-refractivity contribution in [3.05, 3.63) is 34.9 Å². The highest BCUT2D eigenvalue weighted by atomic mass is 16.1. The van der Waals surface area contributed by atoms with Gasteiger partial charge in [0.25, 0.3) is 0 Å². The highest BCUT2D eigenvalue weighted by Crippen LogP contribution is 2.33. The third-order valence-electron chi connectivity index (χ3n) is 5.16. The van der Waals surface area contributed by atoms with Crippen LogP contribution in [0.15, 0.2) is 18.2 Å². The maximum Gasteiger partial charge on any atom is 0.157 e. The summed E-state index contributed by atoms with van der Waals surface area (Å²) in [5.41, 5.74) is 3.43. The Morgan fingerprint density at radius 3 is 2.29 bits per heavy atom. The number of carbonyl (C=O) groups is 1. The summed E-state index contributed by atoms with van der Waals surface area (Å²) in [4.78, 5) is 15.3. The molecule has 2 nitrogen and oxygen atoms in total. The van der Waals surface area contributed by atoms with Gasteiger partial charge < -0.3 is 0 Å². The zero-order chi connectivity index (χ0) is 15.5. The van der Waals surface area contributed by atoms with E-state index >= 15 is 0 Å². The first-order chi connectivity index (χ1) is 9.95. The molecule has 2 heteroatoms. The molecule has 0 aromatic heterocycles. The number of hydrogen-bond acceptors (Lipinski definition) is 2. The van der Waals surface area contributed by atoms with Crippen molar-refractivity contribution in [2.24, 2.45) is 0 Å². The third kappa shape index (κ3) is 3.55. The van der Waals surface area contributed by atoms with E-state index in [2.05, 4.69) is 51.0 Å². The molecule has 1 fully saturated rings. The number of aryl methyl sites for hydroxylation is 2. The number of Topliss-reactive ketones (excluding diaryl/α,β-unsaturated/α-hetero) is 1. The van der Waals surface area contributed by atoms with E-state index in [0.717, 1.165) is 12.8 Å². The average molecular weight is 287 g/mol. The van der Waals surface area contributed by atoms with Crippen molar-refractivity contribution in [3.63, 3.8) is 0 Å². The molecule has 0 aliphatic heterocycles. The van der Waals surface area contributed by atoms with Gasteiger partial charge in [-0.05, 0) is 51.9 Å². The van der Waals surface area contributed by atoms with Gasteiger partial charge in [-0.25, -0.2) is 0 Å². The Kier molecular flexibility index (Phi) is 5.21.